The topological polar surface area (TPSA) is 66.5 Å². The van der Waals surface area contributed by atoms with Crippen LogP contribution in [0.25, 0.3) is 0 Å². The summed E-state index contributed by atoms with van der Waals surface area (Å²) < 4.78 is 29.8. The maximum Gasteiger partial charge on any atom is 0.244 e. The summed E-state index contributed by atoms with van der Waals surface area (Å²) in [4.78, 5) is 13.3. The molecule has 0 saturated heterocycles. The minimum atomic E-state index is -3.93. The molecule has 1 amide bonds. The maximum atomic E-state index is 13.8. The number of hydrogen-bond acceptors (Lipinski definition) is 3. The second-order valence-corrected chi connectivity index (χ2v) is 11.2. The lowest BCUT2D eigenvalue weighted by Crippen LogP contribution is -2.38. The van der Waals surface area contributed by atoms with Crippen molar-refractivity contribution in [3.8, 4) is 0 Å². The molecule has 0 fully saturated rings. The second-order valence-electron chi connectivity index (χ2n) is 8.45. The quantitative estimate of drug-likeness (QED) is 0.420. The van der Waals surface area contributed by atoms with E-state index in [0.29, 0.717) is 16.8 Å². The van der Waals surface area contributed by atoms with Crippen molar-refractivity contribution in [1.82, 2.24) is 4.31 Å². The van der Waals surface area contributed by atoms with Crippen molar-refractivity contribution < 1.29 is 13.2 Å². The summed E-state index contributed by atoms with van der Waals surface area (Å²) in [5.41, 5.74) is 5.65. The van der Waals surface area contributed by atoms with Crippen LogP contribution in [0.1, 0.15) is 33.4 Å². The Hall–Kier alpha value is -2.48. The molecule has 0 aliphatic heterocycles. The molecule has 3 aromatic carbocycles. The number of amides is 1. The number of nitrogens with one attached hydrogen (secondary N) is 1. The van der Waals surface area contributed by atoms with Gasteiger partial charge < -0.3 is 5.32 Å². The molecule has 0 aromatic heterocycles. The van der Waals surface area contributed by atoms with Crippen molar-refractivity contribution in [3.05, 3.63) is 92.5 Å². The lowest BCUT2D eigenvalue weighted by atomic mass is 10.1. The Kier molecular flexibility index (Phi) is 7.77. The summed E-state index contributed by atoms with van der Waals surface area (Å²) in [5, 5.41) is 2.92. The van der Waals surface area contributed by atoms with E-state index in [2.05, 4.69) is 21.2 Å². The van der Waals surface area contributed by atoms with E-state index in [0.717, 1.165) is 26.7 Å². The molecule has 7 heteroatoms. The third-order valence-electron chi connectivity index (χ3n) is 5.49. The van der Waals surface area contributed by atoms with E-state index >= 15 is 0 Å². The second kappa shape index (κ2) is 10.2. The van der Waals surface area contributed by atoms with E-state index in [-0.39, 0.29) is 23.9 Å². The van der Waals surface area contributed by atoms with Gasteiger partial charge in [0.15, 0.2) is 0 Å². The SMILES string of the molecule is Cc1cc(C)c(S(=O)(=O)N(CC(=O)Nc2c(C)cc(Br)cc2C)Cc2ccccc2)c(C)c1. The number of carbonyl (C=O) groups excluding carboxylic acids is 1. The molecule has 0 aliphatic carbocycles. The van der Waals surface area contributed by atoms with E-state index in [1.807, 2.05) is 75.4 Å². The van der Waals surface area contributed by atoms with Crippen molar-refractivity contribution in [2.45, 2.75) is 46.1 Å². The number of anilines is 1. The standard InChI is InChI=1S/C26H29BrN2O3S/c1-17-11-20(4)26(21(5)12-17)33(31,32)29(15-22-9-7-6-8-10-22)16-24(30)28-25-18(2)13-23(27)14-19(25)3/h6-14H,15-16H2,1-5H3,(H,28,30). The Morgan fingerprint density at radius 2 is 1.42 bits per heavy atom. The monoisotopic (exact) mass is 528 g/mol. The van der Waals surface area contributed by atoms with Crippen LogP contribution in [0.3, 0.4) is 0 Å². The molecule has 1 N–H and O–H groups in total. The van der Waals surface area contributed by atoms with Crippen molar-refractivity contribution in [1.29, 1.82) is 0 Å². The molecule has 0 atom stereocenters. The minimum Gasteiger partial charge on any atom is -0.324 e. The van der Waals surface area contributed by atoms with Crippen LogP contribution in [-0.2, 0) is 21.4 Å². The van der Waals surface area contributed by atoms with E-state index in [1.54, 1.807) is 13.8 Å². The zero-order valence-electron chi connectivity index (χ0n) is 19.6. The number of nitrogens with zero attached hydrogens (tertiary/aromatic N) is 1. The predicted molar refractivity (Wildman–Crippen MR) is 137 cm³/mol. The zero-order valence-corrected chi connectivity index (χ0v) is 22.0. The summed E-state index contributed by atoms with van der Waals surface area (Å²) in [5.74, 6) is -0.384. The first-order chi connectivity index (χ1) is 15.5. The number of benzene rings is 3. The van der Waals surface area contributed by atoms with Crippen LogP contribution in [0.5, 0.6) is 0 Å². The Labute approximate surface area is 205 Å². The normalized spacial score (nSPS) is 11.6. The van der Waals surface area contributed by atoms with Gasteiger partial charge in [0, 0.05) is 16.7 Å². The summed E-state index contributed by atoms with van der Waals surface area (Å²) >= 11 is 3.46. The molecule has 0 spiro atoms. The fourth-order valence-corrected chi connectivity index (χ4v) is 6.65. The number of aryl methyl sites for hydroxylation is 5. The Morgan fingerprint density at radius 1 is 0.879 bits per heavy atom. The molecule has 0 radical (unpaired) electrons. The van der Waals surface area contributed by atoms with Gasteiger partial charge in [-0.25, -0.2) is 8.42 Å². The highest BCUT2D eigenvalue weighted by Crippen LogP contribution is 2.28. The van der Waals surface area contributed by atoms with Crippen LogP contribution in [0.4, 0.5) is 5.69 Å². The van der Waals surface area contributed by atoms with Crippen molar-refractivity contribution in [3.63, 3.8) is 0 Å². The molecule has 33 heavy (non-hydrogen) atoms. The van der Waals surface area contributed by atoms with Gasteiger partial charge in [0.1, 0.15) is 0 Å². The molecule has 3 rings (SSSR count). The van der Waals surface area contributed by atoms with Crippen LogP contribution in [0.2, 0.25) is 0 Å². The van der Waals surface area contributed by atoms with Crippen LogP contribution in [-0.4, -0.2) is 25.2 Å². The fraction of sp³-hybridized carbons (Fsp3) is 0.269. The van der Waals surface area contributed by atoms with Gasteiger partial charge in [-0.05, 0) is 74.6 Å². The largest absolute Gasteiger partial charge is 0.324 e. The molecule has 3 aromatic rings. The van der Waals surface area contributed by atoms with Gasteiger partial charge in [0.05, 0.1) is 11.4 Å². The highest BCUT2D eigenvalue weighted by atomic mass is 79.9. The summed E-state index contributed by atoms with van der Waals surface area (Å²) in [6, 6.07) is 16.9. The fourth-order valence-electron chi connectivity index (χ4n) is 4.16. The highest BCUT2D eigenvalue weighted by Gasteiger charge is 2.30. The maximum absolute atomic E-state index is 13.8. The van der Waals surface area contributed by atoms with E-state index < -0.39 is 10.0 Å². The molecule has 0 heterocycles. The molecule has 0 unspecified atom stereocenters. The van der Waals surface area contributed by atoms with Crippen molar-refractivity contribution >= 4 is 37.5 Å². The summed E-state index contributed by atoms with van der Waals surface area (Å²) in [6.45, 7) is 9.15. The third-order valence-corrected chi connectivity index (χ3v) is 8.04. The first-order valence-corrected chi connectivity index (χ1v) is 12.9. The number of halogens is 1. The smallest absolute Gasteiger partial charge is 0.244 e. The lowest BCUT2D eigenvalue weighted by Gasteiger charge is -2.24. The first-order valence-electron chi connectivity index (χ1n) is 10.7. The van der Waals surface area contributed by atoms with Crippen molar-refractivity contribution in [2.75, 3.05) is 11.9 Å². The van der Waals surface area contributed by atoms with Gasteiger partial charge in [-0.2, -0.15) is 4.31 Å². The van der Waals surface area contributed by atoms with Gasteiger partial charge in [-0.3, -0.25) is 4.79 Å². The Balaban J connectivity index is 1.98. The molecule has 0 saturated carbocycles. The van der Waals surface area contributed by atoms with Gasteiger partial charge >= 0.3 is 0 Å². The highest BCUT2D eigenvalue weighted by molar-refractivity contribution is 9.10. The number of carbonyl (C=O) groups is 1. The summed E-state index contributed by atoms with van der Waals surface area (Å²) in [6.07, 6.45) is 0. The summed E-state index contributed by atoms with van der Waals surface area (Å²) in [7, 11) is -3.93. The van der Waals surface area contributed by atoms with Crippen LogP contribution >= 0.6 is 15.9 Å². The third kappa shape index (κ3) is 5.91. The Morgan fingerprint density at radius 3 is 1.97 bits per heavy atom. The first kappa shape index (κ1) is 25.1. The number of rotatable bonds is 7. The number of hydrogen-bond donors (Lipinski definition) is 1. The Bertz CT molecular complexity index is 1240. The molecular weight excluding hydrogens is 500 g/mol. The molecule has 174 valence electrons. The van der Waals surface area contributed by atoms with Gasteiger partial charge in [0.2, 0.25) is 15.9 Å². The predicted octanol–water partition coefficient (Wildman–Crippen LogP) is 5.82. The lowest BCUT2D eigenvalue weighted by molar-refractivity contribution is -0.116. The average molecular weight is 530 g/mol. The van der Waals surface area contributed by atoms with Gasteiger partial charge in [-0.1, -0.05) is 64.0 Å². The van der Waals surface area contributed by atoms with Gasteiger partial charge in [-0.15, -0.1) is 0 Å². The van der Waals surface area contributed by atoms with Crippen LogP contribution in [0, 0.1) is 34.6 Å². The molecule has 5 nitrogen and oxygen atoms in total. The van der Waals surface area contributed by atoms with Crippen molar-refractivity contribution in [2.24, 2.45) is 0 Å². The molecule has 0 bridgehead atoms. The average Bonchev–Trinajstić information content (AvgIpc) is 2.70. The van der Waals surface area contributed by atoms with Gasteiger partial charge in [0.25, 0.3) is 0 Å². The van der Waals surface area contributed by atoms with E-state index in [4.69, 9.17) is 0 Å². The van der Waals surface area contributed by atoms with Crippen LogP contribution < -0.4 is 5.32 Å². The van der Waals surface area contributed by atoms with E-state index in [9.17, 15) is 13.2 Å². The van der Waals surface area contributed by atoms with Crippen LogP contribution in [0.15, 0.2) is 64.0 Å². The molecule has 0 aliphatic rings. The number of sulfonamides is 1. The zero-order chi connectivity index (χ0) is 24.3. The van der Waals surface area contributed by atoms with E-state index in [1.165, 1.54) is 4.31 Å². The minimum absolute atomic E-state index is 0.0989. The molecular formula is C26H29BrN2O3S.